The van der Waals surface area contributed by atoms with Crippen molar-refractivity contribution in [3.8, 4) is 0 Å². The number of hydrazone groups is 1. The third-order valence-corrected chi connectivity index (χ3v) is 7.52. The van der Waals surface area contributed by atoms with Crippen molar-refractivity contribution < 1.29 is 4.79 Å². The first-order valence-electron chi connectivity index (χ1n) is 12.7. The number of hydrogen-bond acceptors (Lipinski definition) is 4. The van der Waals surface area contributed by atoms with E-state index in [9.17, 15) is 4.79 Å². The van der Waals surface area contributed by atoms with Gasteiger partial charge in [-0.05, 0) is 84.5 Å². The third-order valence-electron chi connectivity index (χ3n) is 7.28. The van der Waals surface area contributed by atoms with E-state index < -0.39 is 0 Å². The lowest BCUT2D eigenvalue weighted by Gasteiger charge is -2.30. The number of nitrogens with zero attached hydrogens (tertiary/aromatic N) is 4. The Balaban J connectivity index is 1.55. The van der Waals surface area contributed by atoms with E-state index >= 15 is 0 Å². The van der Waals surface area contributed by atoms with Gasteiger partial charge in [-0.1, -0.05) is 41.9 Å². The van der Waals surface area contributed by atoms with E-state index in [1.807, 2.05) is 40.3 Å². The highest BCUT2D eigenvalue weighted by Crippen LogP contribution is 2.45. The summed E-state index contributed by atoms with van der Waals surface area (Å²) >= 11 is 6.24. The molecule has 0 N–H and O–H groups in total. The van der Waals surface area contributed by atoms with Crippen LogP contribution in [-0.2, 0) is 0 Å². The molecule has 1 heterocycles. The number of benzene rings is 3. The van der Waals surface area contributed by atoms with Crippen LogP contribution >= 0.6 is 11.6 Å². The molecule has 190 valence electrons. The molecular weight excluding hydrogens is 480 g/mol. The Labute approximate surface area is 224 Å². The second kappa shape index (κ2) is 10.4. The summed E-state index contributed by atoms with van der Waals surface area (Å²) in [6.07, 6.45) is 5.26. The minimum Gasteiger partial charge on any atom is -0.378 e. The quantitative estimate of drug-likeness (QED) is 0.373. The minimum absolute atomic E-state index is 0.124. The highest BCUT2D eigenvalue weighted by atomic mass is 35.5. The van der Waals surface area contributed by atoms with Gasteiger partial charge in [-0.3, -0.25) is 4.79 Å². The number of allylic oxidation sites excluding steroid dienone is 1. The molecule has 1 aliphatic carbocycles. The van der Waals surface area contributed by atoms with Crippen molar-refractivity contribution in [1.29, 1.82) is 0 Å². The van der Waals surface area contributed by atoms with Gasteiger partial charge in [-0.2, -0.15) is 5.10 Å². The molecule has 2 aliphatic rings. The molecule has 1 aliphatic heterocycles. The fourth-order valence-electron chi connectivity index (χ4n) is 5.29. The number of fused-ring (bicyclic) bond motifs is 1. The normalized spacial score (nSPS) is 20.0. The van der Waals surface area contributed by atoms with E-state index in [0.29, 0.717) is 10.6 Å². The van der Waals surface area contributed by atoms with Crippen LogP contribution in [0.2, 0.25) is 5.02 Å². The van der Waals surface area contributed by atoms with Gasteiger partial charge in [-0.15, -0.1) is 0 Å². The van der Waals surface area contributed by atoms with Crippen molar-refractivity contribution in [1.82, 2.24) is 5.01 Å². The van der Waals surface area contributed by atoms with Crippen LogP contribution in [-0.4, -0.2) is 44.8 Å². The van der Waals surface area contributed by atoms with Gasteiger partial charge in [0.1, 0.15) is 0 Å². The largest absolute Gasteiger partial charge is 0.378 e. The lowest BCUT2D eigenvalue weighted by Crippen LogP contribution is -2.32. The summed E-state index contributed by atoms with van der Waals surface area (Å²) in [5.74, 6) is 0.0233. The zero-order valence-electron chi connectivity index (χ0n) is 21.9. The van der Waals surface area contributed by atoms with Gasteiger partial charge in [0.05, 0.1) is 11.8 Å². The maximum Gasteiger partial charge on any atom is 0.274 e. The van der Waals surface area contributed by atoms with Crippen LogP contribution < -0.4 is 9.80 Å². The topological polar surface area (TPSA) is 39.1 Å². The second-order valence-corrected chi connectivity index (χ2v) is 10.7. The Bertz CT molecular complexity index is 1340. The molecule has 5 rings (SSSR count). The van der Waals surface area contributed by atoms with Crippen molar-refractivity contribution in [2.45, 2.75) is 25.3 Å². The Morgan fingerprint density at radius 3 is 2.22 bits per heavy atom. The fourth-order valence-corrected chi connectivity index (χ4v) is 5.48. The Morgan fingerprint density at radius 2 is 1.59 bits per heavy atom. The monoisotopic (exact) mass is 512 g/mol. The van der Waals surface area contributed by atoms with Gasteiger partial charge < -0.3 is 9.80 Å². The van der Waals surface area contributed by atoms with E-state index in [1.165, 1.54) is 11.3 Å². The maximum atomic E-state index is 13.8. The molecule has 0 radical (unpaired) electrons. The van der Waals surface area contributed by atoms with Crippen molar-refractivity contribution in [3.05, 3.63) is 100 Å². The average molecular weight is 513 g/mol. The first-order valence-corrected chi connectivity index (χ1v) is 13.1. The summed E-state index contributed by atoms with van der Waals surface area (Å²) in [6, 6.07) is 24.0. The summed E-state index contributed by atoms with van der Waals surface area (Å²) in [5.41, 5.74) is 7.33. The predicted molar refractivity (Wildman–Crippen MR) is 155 cm³/mol. The van der Waals surface area contributed by atoms with E-state index in [0.717, 1.165) is 41.8 Å². The molecular formula is C31H33ClN4O. The van der Waals surface area contributed by atoms with E-state index in [4.69, 9.17) is 16.7 Å². The van der Waals surface area contributed by atoms with Gasteiger partial charge in [-0.25, -0.2) is 5.01 Å². The number of carbonyl (C=O) groups is 1. The lowest BCUT2D eigenvalue weighted by molar-refractivity contribution is 0.0681. The number of hydrogen-bond donors (Lipinski definition) is 0. The van der Waals surface area contributed by atoms with Crippen LogP contribution in [0.4, 0.5) is 11.4 Å². The highest BCUT2D eigenvalue weighted by Gasteiger charge is 2.44. The molecule has 1 fully saturated rings. The number of amides is 1. The number of anilines is 2. The van der Waals surface area contributed by atoms with Crippen LogP contribution in [0.25, 0.3) is 6.08 Å². The standard InChI is InChI=1S/C31H33ClN4O/c1-34(2)26-15-11-21(12-16-26)19-23-7-6-10-28-29(23)33-36(31(37)24-8-5-9-25(32)20-24)30(28)22-13-17-27(18-14-22)35(3)4/h5,8-9,11-20,28,30H,6-7,10H2,1-4H3/b23-19+/t28-,30+/m0/s1. The molecule has 0 bridgehead atoms. The second-order valence-electron chi connectivity index (χ2n) is 10.2. The van der Waals surface area contributed by atoms with E-state index in [1.54, 1.807) is 17.1 Å². The van der Waals surface area contributed by atoms with E-state index in [2.05, 4.69) is 64.4 Å². The summed E-state index contributed by atoms with van der Waals surface area (Å²) in [4.78, 5) is 18.0. The lowest BCUT2D eigenvalue weighted by atomic mass is 9.77. The number of halogens is 1. The zero-order chi connectivity index (χ0) is 26.1. The first-order chi connectivity index (χ1) is 17.8. The van der Waals surface area contributed by atoms with Crippen LogP contribution in [0.1, 0.15) is 46.8 Å². The summed E-state index contributed by atoms with van der Waals surface area (Å²) in [7, 11) is 8.15. The van der Waals surface area contributed by atoms with Gasteiger partial charge in [0.2, 0.25) is 0 Å². The van der Waals surface area contributed by atoms with Crippen molar-refractivity contribution in [3.63, 3.8) is 0 Å². The molecule has 3 aromatic carbocycles. The summed E-state index contributed by atoms with van der Waals surface area (Å²) in [5, 5.41) is 7.27. The zero-order valence-corrected chi connectivity index (χ0v) is 22.6. The Kier molecular flexibility index (Phi) is 7.07. The number of rotatable bonds is 5. The molecule has 37 heavy (non-hydrogen) atoms. The average Bonchev–Trinajstić information content (AvgIpc) is 3.29. The Morgan fingerprint density at radius 1 is 0.946 bits per heavy atom. The summed E-state index contributed by atoms with van der Waals surface area (Å²) < 4.78 is 0. The Hall–Kier alpha value is -3.57. The van der Waals surface area contributed by atoms with Gasteiger partial charge in [0.15, 0.2) is 0 Å². The molecule has 1 amide bonds. The summed E-state index contributed by atoms with van der Waals surface area (Å²) in [6.45, 7) is 0. The number of carbonyl (C=O) groups excluding carboxylic acids is 1. The van der Waals surface area contributed by atoms with Gasteiger partial charge in [0.25, 0.3) is 5.91 Å². The molecule has 5 nitrogen and oxygen atoms in total. The smallest absolute Gasteiger partial charge is 0.274 e. The van der Waals surface area contributed by atoms with Gasteiger partial charge in [0, 0.05) is 56.1 Å². The van der Waals surface area contributed by atoms with Crippen molar-refractivity contribution >= 4 is 40.7 Å². The molecule has 3 aromatic rings. The SMILES string of the molecule is CN(C)c1ccc(/C=C2\CCC[C@H]3C2=NN(C(=O)c2cccc(Cl)c2)[C@@H]3c2ccc(N(C)C)cc2)cc1. The van der Waals surface area contributed by atoms with Gasteiger partial charge >= 0.3 is 0 Å². The molecule has 0 aromatic heterocycles. The maximum absolute atomic E-state index is 13.8. The van der Waals surface area contributed by atoms with Crippen molar-refractivity contribution in [2.24, 2.45) is 11.0 Å². The minimum atomic E-state index is -0.155. The van der Waals surface area contributed by atoms with Crippen LogP contribution in [0.5, 0.6) is 0 Å². The predicted octanol–water partition coefficient (Wildman–Crippen LogP) is 6.91. The van der Waals surface area contributed by atoms with E-state index in [-0.39, 0.29) is 17.9 Å². The van der Waals surface area contributed by atoms with Crippen LogP contribution in [0.15, 0.2) is 83.5 Å². The molecule has 1 saturated carbocycles. The molecule has 6 heteroatoms. The molecule has 0 spiro atoms. The first kappa shape index (κ1) is 25.1. The van der Waals surface area contributed by atoms with Crippen LogP contribution in [0.3, 0.4) is 0 Å². The molecule has 2 atom stereocenters. The molecule has 0 saturated heterocycles. The fraction of sp³-hybridized carbons (Fsp3) is 0.290. The third kappa shape index (κ3) is 5.14. The molecule has 0 unspecified atom stereocenters. The highest BCUT2D eigenvalue weighted by molar-refractivity contribution is 6.31. The van der Waals surface area contributed by atoms with Crippen molar-refractivity contribution in [2.75, 3.05) is 38.0 Å². The van der Waals surface area contributed by atoms with Crippen LogP contribution in [0, 0.1) is 5.92 Å².